The quantitative estimate of drug-likeness (QED) is 0.443. The van der Waals surface area contributed by atoms with Crippen molar-refractivity contribution in [3.8, 4) is 0 Å². The zero-order valence-corrected chi connectivity index (χ0v) is 22.2. The molecule has 2 aliphatic rings. The molecule has 0 bridgehead atoms. The number of halogens is 2. The van der Waals surface area contributed by atoms with Gasteiger partial charge in [0.25, 0.3) is 0 Å². The van der Waals surface area contributed by atoms with Gasteiger partial charge in [0.1, 0.15) is 12.1 Å². The molecule has 0 spiro atoms. The van der Waals surface area contributed by atoms with Gasteiger partial charge in [-0.2, -0.15) is 0 Å². The Kier molecular flexibility index (Phi) is 8.80. The number of carbonyl (C=O) groups excluding carboxylic acids is 3. The number of amides is 3. The SMILES string of the molecule is COC(=O)N[C@H](C(=O)N1C[C@H]2[C@@H]([C@H]1C(=O)N[C@@H](CCC(C)(F)F)C(OC)OC)C2(C)C)C(C)(C)C. The maximum Gasteiger partial charge on any atom is 0.407 e. The number of alkyl carbamates (subject to hydrolysis) is 1. The summed E-state index contributed by atoms with van der Waals surface area (Å²) < 4.78 is 42.4. The van der Waals surface area contributed by atoms with Crippen molar-refractivity contribution in [1.82, 2.24) is 15.5 Å². The maximum atomic E-state index is 13.7. The van der Waals surface area contributed by atoms with E-state index in [0.29, 0.717) is 6.54 Å². The largest absolute Gasteiger partial charge is 0.453 e. The third-order valence-electron chi connectivity index (χ3n) is 7.34. The lowest BCUT2D eigenvalue weighted by Gasteiger charge is -2.38. The van der Waals surface area contributed by atoms with Crippen LogP contribution >= 0.6 is 0 Å². The molecule has 2 rings (SSSR count). The van der Waals surface area contributed by atoms with E-state index in [2.05, 4.69) is 10.6 Å². The monoisotopic (exact) mass is 505 g/mol. The van der Waals surface area contributed by atoms with Crippen LogP contribution in [0.1, 0.15) is 54.4 Å². The van der Waals surface area contributed by atoms with Crippen LogP contribution in [0, 0.1) is 22.7 Å². The van der Waals surface area contributed by atoms with E-state index >= 15 is 0 Å². The molecule has 0 radical (unpaired) electrons. The highest BCUT2D eigenvalue weighted by molar-refractivity contribution is 5.93. The molecular formula is C24H41F2N3O6. The van der Waals surface area contributed by atoms with E-state index in [0.717, 1.165) is 6.92 Å². The van der Waals surface area contributed by atoms with Crippen LogP contribution in [0.4, 0.5) is 13.6 Å². The second-order valence-electron chi connectivity index (χ2n) is 11.4. The Morgan fingerprint density at radius 1 is 1.06 bits per heavy atom. The summed E-state index contributed by atoms with van der Waals surface area (Å²) in [4.78, 5) is 40.7. The topological polar surface area (TPSA) is 106 Å². The number of hydrogen-bond donors (Lipinski definition) is 2. The number of carbonyl (C=O) groups is 3. The number of piperidine rings is 1. The molecule has 9 nitrogen and oxygen atoms in total. The summed E-state index contributed by atoms with van der Waals surface area (Å²) in [6.45, 7) is 10.7. The number of ether oxygens (including phenoxy) is 3. The van der Waals surface area contributed by atoms with Crippen molar-refractivity contribution < 1.29 is 37.4 Å². The van der Waals surface area contributed by atoms with Gasteiger partial charge in [-0.15, -0.1) is 0 Å². The van der Waals surface area contributed by atoms with Gasteiger partial charge in [-0.05, 0) is 36.0 Å². The Balaban J connectivity index is 2.31. The number of hydrogen-bond acceptors (Lipinski definition) is 6. The summed E-state index contributed by atoms with van der Waals surface area (Å²) >= 11 is 0. The molecule has 0 aromatic heterocycles. The highest BCUT2D eigenvalue weighted by Gasteiger charge is 2.69. The molecular weight excluding hydrogens is 464 g/mol. The van der Waals surface area contributed by atoms with E-state index in [1.807, 2.05) is 34.6 Å². The number of nitrogens with zero attached hydrogens (tertiary/aromatic N) is 1. The first kappa shape index (κ1) is 29.2. The van der Waals surface area contributed by atoms with Gasteiger partial charge in [0.15, 0.2) is 6.29 Å². The maximum absolute atomic E-state index is 13.7. The molecule has 202 valence electrons. The van der Waals surface area contributed by atoms with Crippen LogP contribution < -0.4 is 10.6 Å². The Morgan fingerprint density at radius 3 is 2.09 bits per heavy atom. The third-order valence-corrected chi connectivity index (χ3v) is 7.34. The first-order chi connectivity index (χ1) is 16.0. The molecule has 11 heteroatoms. The molecule has 1 aliphatic carbocycles. The summed E-state index contributed by atoms with van der Waals surface area (Å²) in [6, 6.07) is -2.58. The molecule has 1 saturated heterocycles. The fraction of sp³-hybridized carbons (Fsp3) is 0.875. The van der Waals surface area contributed by atoms with Crippen LogP contribution in [0.3, 0.4) is 0 Å². The molecule has 2 N–H and O–H groups in total. The summed E-state index contributed by atoms with van der Waals surface area (Å²) in [6.07, 6.45) is -2.22. The zero-order chi connectivity index (χ0) is 26.9. The molecule has 0 aromatic rings. The summed E-state index contributed by atoms with van der Waals surface area (Å²) in [7, 11) is 3.95. The zero-order valence-electron chi connectivity index (χ0n) is 22.2. The lowest BCUT2D eigenvalue weighted by Crippen LogP contribution is -2.60. The van der Waals surface area contributed by atoms with E-state index in [4.69, 9.17) is 14.2 Å². The van der Waals surface area contributed by atoms with Gasteiger partial charge < -0.3 is 29.7 Å². The molecule has 2 fully saturated rings. The second-order valence-corrected chi connectivity index (χ2v) is 11.4. The standard InChI is InChI=1S/C24H41F2N3O6/c1-22(2,3)17(28-21(32)35-9)19(31)29-12-13-15(23(13,4)5)16(29)18(30)27-14(20(33-7)34-8)10-11-24(6,25)26/h13-17,20H,10-12H2,1-9H3,(H,27,30)(H,28,32)/t13-,14-,15-,16-,17+/m0/s1. The normalized spacial score (nSPS) is 25.0. The second kappa shape index (κ2) is 10.5. The summed E-state index contributed by atoms with van der Waals surface area (Å²) in [5.41, 5.74) is -0.805. The minimum Gasteiger partial charge on any atom is -0.453 e. The van der Waals surface area contributed by atoms with Gasteiger partial charge in [-0.25, -0.2) is 13.6 Å². The lowest BCUT2D eigenvalue weighted by atomic mass is 9.85. The molecule has 0 unspecified atom stereocenters. The summed E-state index contributed by atoms with van der Waals surface area (Å²) in [5.74, 6) is -3.75. The average Bonchev–Trinajstić information content (AvgIpc) is 3.09. The van der Waals surface area contributed by atoms with Crippen molar-refractivity contribution in [1.29, 1.82) is 0 Å². The molecule has 1 saturated carbocycles. The van der Waals surface area contributed by atoms with Crippen LogP contribution in [0.5, 0.6) is 0 Å². The third kappa shape index (κ3) is 6.61. The van der Waals surface area contributed by atoms with Crippen LogP contribution in [-0.4, -0.2) is 81.0 Å². The smallest absolute Gasteiger partial charge is 0.407 e. The Labute approximate surface area is 206 Å². The molecule has 3 amide bonds. The Hall–Kier alpha value is -2.01. The Bertz CT molecular complexity index is 791. The van der Waals surface area contributed by atoms with E-state index < -0.39 is 60.1 Å². The first-order valence-corrected chi connectivity index (χ1v) is 11.9. The number of methoxy groups -OCH3 is 3. The highest BCUT2D eigenvalue weighted by atomic mass is 19.3. The number of fused-ring (bicyclic) bond motifs is 1. The van der Waals surface area contributed by atoms with E-state index in [-0.39, 0.29) is 23.7 Å². The van der Waals surface area contributed by atoms with Crippen LogP contribution in [0.2, 0.25) is 0 Å². The lowest BCUT2D eigenvalue weighted by molar-refractivity contribution is -0.149. The van der Waals surface area contributed by atoms with Crippen molar-refractivity contribution >= 4 is 17.9 Å². The van der Waals surface area contributed by atoms with Gasteiger partial charge in [0.05, 0.1) is 13.2 Å². The average molecular weight is 506 g/mol. The van der Waals surface area contributed by atoms with E-state index in [9.17, 15) is 23.2 Å². The number of alkyl halides is 2. The van der Waals surface area contributed by atoms with E-state index in [1.165, 1.54) is 26.2 Å². The minimum atomic E-state index is -2.92. The van der Waals surface area contributed by atoms with Crippen molar-refractivity contribution in [2.24, 2.45) is 22.7 Å². The number of nitrogens with one attached hydrogen (secondary N) is 2. The fourth-order valence-electron chi connectivity index (χ4n) is 5.18. The van der Waals surface area contributed by atoms with Crippen LogP contribution in [0.25, 0.3) is 0 Å². The number of rotatable bonds is 10. The van der Waals surface area contributed by atoms with Gasteiger partial charge in [-0.1, -0.05) is 34.6 Å². The molecule has 1 aliphatic heterocycles. The summed E-state index contributed by atoms with van der Waals surface area (Å²) in [5, 5.41) is 5.41. The molecule has 35 heavy (non-hydrogen) atoms. The molecule has 0 aromatic carbocycles. The predicted molar refractivity (Wildman–Crippen MR) is 125 cm³/mol. The predicted octanol–water partition coefficient (Wildman–Crippen LogP) is 2.78. The molecule has 5 atom stereocenters. The van der Waals surface area contributed by atoms with Gasteiger partial charge in [0, 0.05) is 27.2 Å². The van der Waals surface area contributed by atoms with Crippen LogP contribution in [-0.2, 0) is 23.8 Å². The van der Waals surface area contributed by atoms with Crippen LogP contribution in [0.15, 0.2) is 0 Å². The van der Waals surface area contributed by atoms with Crippen molar-refractivity contribution in [3.63, 3.8) is 0 Å². The van der Waals surface area contributed by atoms with E-state index in [1.54, 1.807) is 0 Å². The van der Waals surface area contributed by atoms with Gasteiger partial charge in [-0.3, -0.25) is 9.59 Å². The van der Waals surface area contributed by atoms with Crippen molar-refractivity contribution in [3.05, 3.63) is 0 Å². The Morgan fingerprint density at radius 2 is 1.63 bits per heavy atom. The molecule has 1 heterocycles. The minimum absolute atomic E-state index is 0.0751. The van der Waals surface area contributed by atoms with Crippen molar-refractivity contribution in [2.75, 3.05) is 27.9 Å². The van der Waals surface area contributed by atoms with Crippen molar-refractivity contribution in [2.45, 2.75) is 84.7 Å². The highest BCUT2D eigenvalue weighted by Crippen LogP contribution is 2.65. The number of likely N-dealkylation sites (tertiary alicyclic amines) is 1. The van der Waals surface area contributed by atoms with Gasteiger partial charge >= 0.3 is 6.09 Å². The first-order valence-electron chi connectivity index (χ1n) is 11.9. The fourth-order valence-corrected chi connectivity index (χ4v) is 5.18. The van der Waals surface area contributed by atoms with Gasteiger partial charge in [0.2, 0.25) is 17.7 Å².